The predicted molar refractivity (Wildman–Crippen MR) is 100 cm³/mol. The molecule has 23 heavy (non-hydrogen) atoms. The van der Waals surface area contributed by atoms with Crippen LogP contribution in [-0.4, -0.2) is 43.5 Å². The minimum absolute atomic E-state index is 0.146. The molecule has 0 spiro atoms. The van der Waals surface area contributed by atoms with Crippen molar-refractivity contribution < 1.29 is 4.74 Å². The van der Waals surface area contributed by atoms with E-state index in [-0.39, 0.29) is 4.83 Å². The molecule has 3 aromatic rings. The fraction of sp³-hybridized carbons (Fsp3) is 0.214. The molecule has 0 aliphatic heterocycles. The van der Waals surface area contributed by atoms with Crippen molar-refractivity contribution in [2.24, 2.45) is 0 Å². The molecule has 118 valence electrons. The van der Waals surface area contributed by atoms with Gasteiger partial charge in [0.25, 0.3) is 0 Å². The Kier molecular flexibility index (Phi) is 5.03. The Bertz CT molecular complexity index is 870. The number of anilines is 1. The number of rotatable bonds is 4. The molecule has 0 aliphatic carbocycles. The van der Waals surface area contributed by atoms with Gasteiger partial charge in [0.1, 0.15) is 0 Å². The first-order valence-corrected chi connectivity index (χ1v) is 9.67. The van der Waals surface area contributed by atoms with Crippen LogP contribution in [0.25, 0.3) is 11.2 Å². The van der Waals surface area contributed by atoms with Gasteiger partial charge in [-0.1, -0.05) is 0 Å². The van der Waals surface area contributed by atoms with Gasteiger partial charge in [-0.2, -0.15) is 0 Å². The number of imidazole rings is 1. The van der Waals surface area contributed by atoms with Gasteiger partial charge in [-0.3, -0.25) is 0 Å². The number of benzene rings is 1. The summed E-state index contributed by atoms with van der Waals surface area (Å²) < 4.78 is 8.49. The molecule has 3 rings (SSSR count). The second-order valence-electron chi connectivity index (χ2n) is 4.73. The van der Waals surface area contributed by atoms with Gasteiger partial charge in [0, 0.05) is 0 Å². The van der Waals surface area contributed by atoms with Crippen molar-refractivity contribution in [2.75, 3.05) is 12.8 Å². The summed E-state index contributed by atoms with van der Waals surface area (Å²) in [5.41, 5.74) is 7.32. The molecule has 2 N–H and O–H groups in total. The second kappa shape index (κ2) is 6.86. The maximum absolute atomic E-state index is 5.94. The first kappa shape index (κ1) is 16.9. The van der Waals surface area contributed by atoms with Crippen molar-refractivity contribution in [3.8, 4) is 5.75 Å². The number of halogens is 1. The van der Waals surface area contributed by atoms with Crippen LogP contribution in [-0.2, 0) is 0 Å². The average Bonchev–Trinajstić information content (AvgIpc) is 2.89. The first-order chi connectivity index (χ1) is 11.0. The van der Waals surface area contributed by atoms with Crippen LogP contribution < -0.4 is 10.5 Å². The molecule has 0 bridgehead atoms. The Morgan fingerprint density at radius 1 is 1.39 bits per heavy atom. The van der Waals surface area contributed by atoms with E-state index in [2.05, 4.69) is 61.3 Å². The van der Waals surface area contributed by atoms with Gasteiger partial charge in [0.15, 0.2) is 0 Å². The van der Waals surface area contributed by atoms with Gasteiger partial charge in [-0.05, 0) is 0 Å². The standard InChI is InChI=1S/C14H13AsIN5OS/c1-7(15)21-13-11(12(17)18-6-19-13)20-14(21)23-10-5-8(22-2)3-4-9(10)16/h3-7H,1-2H3,(H2,17,18,19). The topological polar surface area (TPSA) is 78.8 Å². The molecule has 1 unspecified atom stereocenters. The quantitative estimate of drug-likeness (QED) is 0.438. The van der Waals surface area contributed by atoms with Crippen LogP contribution in [0, 0.1) is 3.57 Å². The Morgan fingerprint density at radius 2 is 2.17 bits per heavy atom. The van der Waals surface area contributed by atoms with E-state index in [0.717, 1.165) is 25.0 Å². The Labute approximate surface area is 160 Å². The van der Waals surface area contributed by atoms with E-state index in [4.69, 9.17) is 10.5 Å². The molecule has 1 atom stereocenters. The molecule has 2 heterocycles. The van der Waals surface area contributed by atoms with E-state index < -0.39 is 0 Å². The van der Waals surface area contributed by atoms with Gasteiger partial charge >= 0.3 is 161 Å². The zero-order valence-electron chi connectivity index (χ0n) is 12.4. The summed E-state index contributed by atoms with van der Waals surface area (Å²) in [6.07, 6.45) is 1.47. The summed E-state index contributed by atoms with van der Waals surface area (Å²) in [6.45, 7) is 2.07. The van der Waals surface area contributed by atoms with E-state index >= 15 is 0 Å². The van der Waals surface area contributed by atoms with E-state index in [9.17, 15) is 0 Å². The fourth-order valence-electron chi connectivity index (χ4n) is 2.10. The van der Waals surface area contributed by atoms with E-state index in [1.165, 1.54) is 6.33 Å². The van der Waals surface area contributed by atoms with Crippen LogP contribution in [0.3, 0.4) is 0 Å². The monoisotopic (exact) mass is 501 g/mol. The average molecular weight is 501 g/mol. The van der Waals surface area contributed by atoms with Crippen LogP contribution in [0.4, 0.5) is 5.82 Å². The Balaban J connectivity index is 2.13. The van der Waals surface area contributed by atoms with Crippen LogP contribution in [0.2, 0.25) is 0 Å². The molecule has 0 amide bonds. The number of nitrogen functional groups attached to an aromatic ring is 1. The van der Waals surface area contributed by atoms with Crippen LogP contribution in [0.15, 0.2) is 34.6 Å². The zero-order valence-corrected chi connectivity index (χ0v) is 17.2. The summed E-state index contributed by atoms with van der Waals surface area (Å²) in [5, 5.41) is 0.825. The second-order valence-corrected chi connectivity index (χ2v) is 8.47. The van der Waals surface area contributed by atoms with Crippen LogP contribution >= 0.6 is 34.4 Å². The summed E-state index contributed by atoms with van der Waals surface area (Å²) in [4.78, 5) is 14.2. The predicted octanol–water partition coefficient (Wildman–Crippen LogP) is 2.86. The molecule has 9 heteroatoms. The number of nitrogens with two attached hydrogens (primary N) is 1. The third kappa shape index (κ3) is 3.29. The van der Waals surface area contributed by atoms with Crippen molar-refractivity contribution in [2.45, 2.75) is 21.8 Å². The van der Waals surface area contributed by atoms with Gasteiger partial charge in [-0.15, -0.1) is 0 Å². The number of fused-ring (bicyclic) bond motifs is 1. The maximum atomic E-state index is 5.94. The molecule has 6 nitrogen and oxygen atoms in total. The number of ether oxygens (including phenoxy) is 1. The summed E-state index contributed by atoms with van der Waals surface area (Å²) in [7, 11) is 1.66. The van der Waals surface area contributed by atoms with Crippen molar-refractivity contribution in [3.63, 3.8) is 0 Å². The normalized spacial score (nSPS) is 12.5. The molecular weight excluding hydrogens is 488 g/mol. The number of hydrogen-bond donors (Lipinski definition) is 1. The van der Waals surface area contributed by atoms with Crippen molar-refractivity contribution in [1.29, 1.82) is 0 Å². The number of hydrogen-bond acceptors (Lipinski definition) is 6. The Hall–Kier alpha value is -0.992. The third-order valence-corrected chi connectivity index (χ3v) is 6.01. The summed E-state index contributed by atoms with van der Waals surface area (Å²) in [5.74, 6) is 1.21. The summed E-state index contributed by atoms with van der Waals surface area (Å²) in [6, 6.07) is 5.96. The molecule has 0 aliphatic rings. The Morgan fingerprint density at radius 3 is 2.87 bits per heavy atom. The van der Waals surface area contributed by atoms with Crippen LogP contribution in [0.5, 0.6) is 5.75 Å². The van der Waals surface area contributed by atoms with Crippen LogP contribution in [0.1, 0.15) is 11.8 Å². The molecule has 2 radical (unpaired) electrons. The SMILES string of the molecule is COc1ccc(I)c(Sc2nc3c(N)ncnc3n2C(C)[As])c1. The summed E-state index contributed by atoms with van der Waals surface area (Å²) >= 11 is 6.47. The fourth-order valence-corrected chi connectivity index (χ4v) is 4.41. The van der Waals surface area contributed by atoms with Crippen molar-refractivity contribution >= 4 is 68.2 Å². The third-order valence-electron chi connectivity index (χ3n) is 3.19. The molecular formula is C14H13AsIN5OS. The first-order valence-electron chi connectivity index (χ1n) is 6.69. The van der Waals surface area contributed by atoms with Gasteiger partial charge in [-0.25, -0.2) is 0 Å². The van der Waals surface area contributed by atoms with Gasteiger partial charge in [0.2, 0.25) is 0 Å². The molecule has 2 aromatic heterocycles. The van der Waals surface area contributed by atoms with E-state index in [1.807, 2.05) is 22.8 Å². The number of aromatic nitrogens is 4. The number of nitrogens with zero attached hydrogens (tertiary/aromatic N) is 4. The molecule has 1 aromatic carbocycles. The van der Waals surface area contributed by atoms with Gasteiger partial charge in [0.05, 0.1) is 0 Å². The molecule has 0 fully saturated rings. The molecule has 0 saturated heterocycles. The van der Waals surface area contributed by atoms with Crippen molar-refractivity contribution in [1.82, 2.24) is 19.5 Å². The number of methoxy groups -OCH3 is 1. The van der Waals surface area contributed by atoms with Gasteiger partial charge < -0.3 is 0 Å². The zero-order chi connectivity index (χ0) is 16.6. The van der Waals surface area contributed by atoms with E-state index in [1.54, 1.807) is 18.9 Å². The van der Waals surface area contributed by atoms with E-state index in [0.29, 0.717) is 11.3 Å². The van der Waals surface area contributed by atoms with Crippen molar-refractivity contribution in [3.05, 3.63) is 28.1 Å². The molecule has 0 saturated carbocycles. The minimum atomic E-state index is 0.146.